The number of esters is 1. The number of hydrogen-bond acceptors (Lipinski definition) is 9. The first kappa shape index (κ1) is 26.2. The normalized spacial score (nSPS) is 14.4. The van der Waals surface area contributed by atoms with Gasteiger partial charge in [-0.25, -0.2) is 9.78 Å². The number of thiazole rings is 1. The summed E-state index contributed by atoms with van der Waals surface area (Å²) in [5, 5.41) is 0.605. The monoisotopic (exact) mass is 546 g/mol. The van der Waals surface area contributed by atoms with Crippen LogP contribution in [-0.2, 0) is 4.74 Å². The molecule has 0 bridgehead atoms. The number of hydrogen-bond donors (Lipinski definition) is 0. The molecule has 1 atom stereocenters. The maximum atomic E-state index is 13.9. The van der Waals surface area contributed by atoms with Crippen LogP contribution < -0.4 is 19.8 Å². The van der Waals surface area contributed by atoms with Crippen LogP contribution in [0.15, 0.2) is 58.3 Å². The third-order valence-electron chi connectivity index (χ3n) is 6.33. The van der Waals surface area contributed by atoms with Crippen molar-refractivity contribution < 1.29 is 28.2 Å². The Bertz CT molecular complexity index is 1690. The molecule has 0 saturated heterocycles. The fourth-order valence-electron chi connectivity index (χ4n) is 4.60. The Morgan fingerprint density at radius 3 is 2.67 bits per heavy atom. The fraction of sp³-hybridized carbons (Fsp3) is 0.241. The average molecular weight is 547 g/mol. The molecular weight excluding hydrogens is 520 g/mol. The summed E-state index contributed by atoms with van der Waals surface area (Å²) in [7, 11) is 1.28. The fourth-order valence-corrected chi connectivity index (χ4v) is 5.61. The summed E-state index contributed by atoms with van der Waals surface area (Å²) in [6.45, 7) is 9.72. The summed E-state index contributed by atoms with van der Waals surface area (Å²) >= 11 is 1.01. The van der Waals surface area contributed by atoms with E-state index in [0.29, 0.717) is 40.3 Å². The summed E-state index contributed by atoms with van der Waals surface area (Å²) < 4.78 is 22.5. The number of carbonyl (C=O) groups excluding carboxylic acids is 2. The van der Waals surface area contributed by atoms with Crippen LogP contribution in [0.3, 0.4) is 0 Å². The Labute approximate surface area is 228 Å². The number of fused-ring (bicyclic) bond motifs is 2. The molecular formula is C29H26N2O7S. The highest BCUT2D eigenvalue weighted by Crippen LogP contribution is 2.45. The molecule has 0 aliphatic carbocycles. The van der Waals surface area contributed by atoms with Gasteiger partial charge in [0.2, 0.25) is 5.76 Å². The SMILES string of the molecule is C=CCOc1ccc(C2c3c(oc4ccc(C)cc4c3=O)C(=O)N2c2nc(C)c(C(=O)OC)s2)cc1OCC. The van der Waals surface area contributed by atoms with E-state index in [1.807, 2.05) is 19.9 Å². The molecule has 5 rings (SSSR count). The van der Waals surface area contributed by atoms with Crippen molar-refractivity contribution in [2.24, 2.45) is 0 Å². The van der Waals surface area contributed by atoms with Gasteiger partial charge in [-0.1, -0.05) is 41.7 Å². The third-order valence-corrected chi connectivity index (χ3v) is 7.46. The first-order valence-corrected chi connectivity index (χ1v) is 13.1. The van der Waals surface area contributed by atoms with Crippen molar-refractivity contribution in [1.29, 1.82) is 0 Å². The zero-order valence-electron chi connectivity index (χ0n) is 21.9. The number of amides is 1. The van der Waals surface area contributed by atoms with E-state index < -0.39 is 17.9 Å². The number of methoxy groups -OCH3 is 1. The second-order valence-corrected chi connectivity index (χ2v) is 9.87. The molecule has 1 aliphatic heterocycles. The van der Waals surface area contributed by atoms with E-state index in [9.17, 15) is 14.4 Å². The van der Waals surface area contributed by atoms with Crippen molar-refractivity contribution in [2.75, 3.05) is 25.2 Å². The number of aryl methyl sites for hydroxylation is 2. The minimum Gasteiger partial charge on any atom is -0.490 e. The maximum absolute atomic E-state index is 13.9. The van der Waals surface area contributed by atoms with Crippen LogP contribution in [0.25, 0.3) is 11.0 Å². The van der Waals surface area contributed by atoms with Gasteiger partial charge in [0.1, 0.15) is 17.1 Å². The Balaban J connectivity index is 1.76. The summed E-state index contributed by atoms with van der Waals surface area (Å²) in [6.07, 6.45) is 1.62. The lowest BCUT2D eigenvalue weighted by molar-refractivity contribution is 0.0605. The van der Waals surface area contributed by atoms with Crippen LogP contribution in [0.5, 0.6) is 11.5 Å². The average Bonchev–Trinajstić information content (AvgIpc) is 3.45. The van der Waals surface area contributed by atoms with Crippen LogP contribution in [0.4, 0.5) is 5.13 Å². The van der Waals surface area contributed by atoms with Crippen LogP contribution in [0.1, 0.15) is 55.6 Å². The van der Waals surface area contributed by atoms with Gasteiger partial charge < -0.3 is 18.6 Å². The summed E-state index contributed by atoms with van der Waals surface area (Å²) in [5.41, 5.74) is 2.06. The molecule has 3 heterocycles. The minimum absolute atomic E-state index is 0.0706. The van der Waals surface area contributed by atoms with Gasteiger partial charge in [-0.3, -0.25) is 14.5 Å². The van der Waals surface area contributed by atoms with Crippen LogP contribution in [0.2, 0.25) is 0 Å². The van der Waals surface area contributed by atoms with Gasteiger partial charge in [-0.05, 0) is 50.6 Å². The van der Waals surface area contributed by atoms with E-state index in [2.05, 4.69) is 11.6 Å². The van der Waals surface area contributed by atoms with Gasteiger partial charge in [0.15, 0.2) is 22.1 Å². The van der Waals surface area contributed by atoms with Gasteiger partial charge in [-0.15, -0.1) is 0 Å². The van der Waals surface area contributed by atoms with Gasteiger partial charge >= 0.3 is 5.97 Å². The molecule has 0 saturated carbocycles. The van der Waals surface area contributed by atoms with E-state index in [1.54, 1.807) is 43.3 Å². The Morgan fingerprint density at radius 1 is 1.15 bits per heavy atom. The van der Waals surface area contributed by atoms with E-state index in [-0.39, 0.29) is 33.4 Å². The highest BCUT2D eigenvalue weighted by Gasteiger charge is 2.45. The predicted molar refractivity (Wildman–Crippen MR) is 147 cm³/mol. The zero-order chi connectivity index (χ0) is 27.8. The molecule has 39 heavy (non-hydrogen) atoms. The Morgan fingerprint density at radius 2 is 1.95 bits per heavy atom. The first-order valence-electron chi connectivity index (χ1n) is 12.3. The lowest BCUT2D eigenvalue weighted by atomic mass is 9.98. The quantitative estimate of drug-likeness (QED) is 0.215. The van der Waals surface area contributed by atoms with E-state index >= 15 is 0 Å². The zero-order valence-corrected chi connectivity index (χ0v) is 22.7. The first-order chi connectivity index (χ1) is 18.8. The predicted octanol–water partition coefficient (Wildman–Crippen LogP) is 5.37. The number of rotatable bonds is 8. The van der Waals surface area contributed by atoms with E-state index in [1.165, 1.54) is 12.0 Å². The van der Waals surface area contributed by atoms with Gasteiger partial charge in [0, 0.05) is 0 Å². The molecule has 10 heteroatoms. The summed E-state index contributed by atoms with van der Waals surface area (Å²) in [6, 6.07) is 9.58. The molecule has 0 fully saturated rings. The molecule has 1 amide bonds. The summed E-state index contributed by atoms with van der Waals surface area (Å²) in [5.74, 6) is -0.224. The summed E-state index contributed by atoms with van der Waals surface area (Å²) in [4.78, 5) is 46.3. The van der Waals surface area contributed by atoms with Crippen molar-refractivity contribution in [3.63, 3.8) is 0 Å². The van der Waals surface area contributed by atoms with Gasteiger partial charge in [-0.2, -0.15) is 0 Å². The van der Waals surface area contributed by atoms with Crippen molar-refractivity contribution in [3.05, 3.63) is 92.3 Å². The largest absolute Gasteiger partial charge is 0.490 e. The molecule has 0 N–H and O–H groups in total. The van der Waals surface area contributed by atoms with E-state index in [0.717, 1.165) is 16.9 Å². The number of nitrogens with zero attached hydrogens (tertiary/aromatic N) is 2. The second-order valence-electron chi connectivity index (χ2n) is 8.89. The van der Waals surface area contributed by atoms with Crippen LogP contribution in [0, 0.1) is 13.8 Å². The molecule has 9 nitrogen and oxygen atoms in total. The van der Waals surface area contributed by atoms with Crippen LogP contribution in [-0.4, -0.2) is 37.2 Å². The van der Waals surface area contributed by atoms with Crippen molar-refractivity contribution in [3.8, 4) is 11.5 Å². The molecule has 1 aliphatic rings. The van der Waals surface area contributed by atoms with Crippen molar-refractivity contribution in [1.82, 2.24) is 4.98 Å². The van der Waals surface area contributed by atoms with Crippen molar-refractivity contribution in [2.45, 2.75) is 26.8 Å². The lowest BCUT2D eigenvalue weighted by Crippen LogP contribution is -2.29. The molecule has 4 aromatic rings. The second kappa shape index (κ2) is 10.4. The standard InChI is InChI=1S/C29H26N2O7S/c1-6-12-37-20-11-9-17(14-21(20)36-7-2)23-22-24(32)18-13-15(3)8-10-19(18)38-25(22)27(33)31(23)29-30-16(4)26(39-29)28(34)35-5/h6,8-11,13-14,23H,1,7,12H2,2-5H3. The van der Waals surface area contributed by atoms with Gasteiger partial charge in [0.05, 0.1) is 36.4 Å². The van der Waals surface area contributed by atoms with E-state index in [4.69, 9.17) is 18.6 Å². The molecule has 1 unspecified atom stereocenters. The number of ether oxygens (including phenoxy) is 3. The van der Waals surface area contributed by atoms with Crippen LogP contribution >= 0.6 is 11.3 Å². The number of aromatic nitrogens is 1. The molecule has 0 spiro atoms. The highest BCUT2D eigenvalue weighted by atomic mass is 32.1. The number of benzene rings is 2. The molecule has 2 aromatic heterocycles. The highest BCUT2D eigenvalue weighted by molar-refractivity contribution is 7.17. The van der Waals surface area contributed by atoms with Gasteiger partial charge in [0.25, 0.3) is 5.91 Å². The number of anilines is 1. The maximum Gasteiger partial charge on any atom is 0.350 e. The molecule has 2 aromatic carbocycles. The minimum atomic E-state index is -0.891. The third kappa shape index (κ3) is 4.46. The molecule has 0 radical (unpaired) electrons. The smallest absolute Gasteiger partial charge is 0.350 e. The van der Waals surface area contributed by atoms with Crippen molar-refractivity contribution >= 4 is 39.3 Å². The Kier molecular flexibility index (Phi) is 6.96. The lowest BCUT2D eigenvalue weighted by Gasteiger charge is -2.23. The Hall–Kier alpha value is -4.44. The number of carbonyl (C=O) groups is 2. The molecule has 200 valence electrons. The topological polar surface area (TPSA) is 108 Å².